The Bertz CT molecular complexity index is 295. The first-order valence-electron chi connectivity index (χ1n) is 3.98. The summed E-state index contributed by atoms with van der Waals surface area (Å²) in [6, 6.07) is 9.69. The summed E-state index contributed by atoms with van der Waals surface area (Å²) in [4.78, 5) is 11.0. The maximum absolute atomic E-state index is 11.0. The largest absolute Gasteiger partial charge is 0.280 e. The Labute approximate surface area is 88.5 Å². The van der Waals surface area contributed by atoms with Gasteiger partial charge in [-0.25, -0.2) is 0 Å². The summed E-state index contributed by atoms with van der Waals surface area (Å²) >= 11 is 9.62. The van der Waals surface area contributed by atoms with Crippen LogP contribution in [0, 0.1) is 0 Å². The van der Waals surface area contributed by atoms with Crippen LogP contribution in [0.4, 0.5) is 0 Å². The summed E-state index contributed by atoms with van der Waals surface area (Å²) in [6.07, 6.45) is 0.555. The zero-order valence-corrected chi connectivity index (χ0v) is 8.98. The van der Waals surface area contributed by atoms with E-state index in [9.17, 15) is 4.79 Å². The van der Waals surface area contributed by atoms with Gasteiger partial charge in [-0.05, 0) is 30.5 Å². The van der Waals surface area contributed by atoms with Gasteiger partial charge in [-0.2, -0.15) is 12.6 Å². The highest BCUT2D eigenvalue weighted by molar-refractivity contribution is 7.83. The van der Waals surface area contributed by atoms with Crippen LogP contribution < -0.4 is 0 Å². The highest BCUT2D eigenvalue weighted by Crippen LogP contribution is 2.22. The molecule has 1 rings (SSSR count). The van der Waals surface area contributed by atoms with Crippen molar-refractivity contribution in [3.8, 4) is 0 Å². The van der Waals surface area contributed by atoms with Crippen molar-refractivity contribution in [2.75, 3.05) is 0 Å². The van der Waals surface area contributed by atoms with Crippen molar-refractivity contribution in [3.05, 3.63) is 35.9 Å². The van der Waals surface area contributed by atoms with Gasteiger partial charge in [0, 0.05) is 0 Å². The Morgan fingerprint density at radius 3 is 2.46 bits per heavy atom. The molecule has 0 amide bonds. The lowest BCUT2D eigenvalue weighted by atomic mass is 10.0. The number of carbonyl (C=O) groups excluding carboxylic acids is 1. The van der Waals surface area contributed by atoms with Gasteiger partial charge in [0.1, 0.15) is 0 Å². The van der Waals surface area contributed by atoms with E-state index < -0.39 is 9.99 Å². The molecule has 0 fully saturated rings. The Morgan fingerprint density at radius 1 is 1.46 bits per heavy atom. The summed E-state index contributed by atoms with van der Waals surface area (Å²) in [5.74, 6) is 0. The third-order valence-electron chi connectivity index (χ3n) is 1.81. The number of carbonyl (C=O) groups is 1. The minimum absolute atomic E-state index is 0.417. The van der Waals surface area contributed by atoms with E-state index in [-0.39, 0.29) is 0 Å². The van der Waals surface area contributed by atoms with Gasteiger partial charge in [0.15, 0.2) is 0 Å². The zero-order chi connectivity index (χ0) is 9.90. The standard InChI is InChI=1S/C10H11ClOS/c1-10(13,9(11)12)7-8-5-3-2-4-6-8/h2-6,13H,7H2,1H3. The second-order valence-corrected chi connectivity index (χ2v) is 4.54. The predicted octanol–water partition coefficient (Wildman–Crippen LogP) is 2.68. The van der Waals surface area contributed by atoms with Crippen LogP contribution in [0.15, 0.2) is 30.3 Å². The van der Waals surface area contributed by atoms with Crippen LogP contribution in [-0.2, 0) is 11.2 Å². The maximum Gasteiger partial charge on any atom is 0.237 e. The summed E-state index contributed by atoms with van der Waals surface area (Å²) in [5.41, 5.74) is 1.06. The van der Waals surface area contributed by atoms with Crippen LogP contribution in [-0.4, -0.2) is 9.99 Å². The van der Waals surface area contributed by atoms with Gasteiger partial charge >= 0.3 is 0 Å². The van der Waals surface area contributed by atoms with Crippen LogP contribution in [0.1, 0.15) is 12.5 Å². The van der Waals surface area contributed by atoms with Gasteiger partial charge in [-0.1, -0.05) is 30.3 Å². The number of hydrogen-bond donors (Lipinski definition) is 1. The van der Waals surface area contributed by atoms with E-state index in [1.165, 1.54) is 0 Å². The molecule has 1 unspecified atom stereocenters. The fraction of sp³-hybridized carbons (Fsp3) is 0.300. The van der Waals surface area contributed by atoms with Gasteiger partial charge in [0.2, 0.25) is 5.24 Å². The fourth-order valence-electron chi connectivity index (χ4n) is 1.06. The average molecular weight is 215 g/mol. The minimum Gasteiger partial charge on any atom is -0.280 e. The van der Waals surface area contributed by atoms with Crippen molar-refractivity contribution in [2.45, 2.75) is 18.1 Å². The summed E-state index contributed by atoms with van der Waals surface area (Å²) in [7, 11) is 0. The molecule has 0 radical (unpaired) electrons. The summed E-state index contributed by atoms with van der Waals surface area (Å²) in [5, 5.41) is -0.417. The molecule has 0 aliphatic rings. The van der Waals surface area contributed by atoms with Crippen molar-refractivity contribution < 1.29 is 4.79 Å². The van der Waals surface area contributed by atoms with Crippen molar-refractivity contribution in [1.82, 2.24) is 0 Å². The Kier molecular flexibility index (Phi) is 3.40. The summed E-state index contributed by atoms with van der Waals surface area (Å²) < 4.78 is -0.775. The molecule has 1 aromatic rings. The first-order valence-corrected chi connectivity index (χ1v) is 4.81. The molecule has 1 aromatic carbocycles. The molecular weight excluding hydrogens is 204 g/mol. The number of halogens is 1. The Hall–Kier alpha value is -0.470. The average Bonchev–Trinajstić information content (AvgIpc) is 2.05. The second kappa shape index (κ2) is 4.16. The molecule has 3 heteroatoms. The van der Waals surface area contributed by atoms with Gasteiger partial charge in [-0.3, -0.25) is 4.79 Å². The Morgan fingerprint density at radius 2 is 2.00 bits per heavy atom. The van der Waals surface area contributed by atoms with E-state index in [2.05, 4.69) is 12.6 Å². The number of thiol groups is 1. The quantitative estimate of drug-likeness (QED) is 0.605. The van der Waals surface area contributed by atoms with Crippen LogP contribution in [0.2, 0.25) is 0 Å². The van der Waals surface area contributed by atoms with Crippen LogP contribution in [0.3, 0.4) is 0 Å². The predicted molar refractivity (Wildman–Crippen MR) is 58.4 cm³/mol. The number of hydrogen-bond acceptors (Lipinski definition) is 2. The fourth-order valence-corrected chi connectivity index (χ4v) is 1.31. The topological polar surface area (TPSA) is 17.1 Å². The normalized spacial score (nSPS) is 15.0. The lowest BCUT2D eigenvalue weighted by molar-refractivity contribution is -0.113. The van der Waals surface area contributed by atoms with E-state index in [0.29, 0.717) is 6.42 Å². The first-order chi connectivity index (χ1) is 6.02. The SMILES string of the molecule is CC(S)(Cc1ccccc1)C(=O)Cl. The van der Waals surface area contributed by atoms with Crippen LogP contribution >= 0.6 is 24.2 Å². The molecule has 0 saturated carbocycles. The van der Waals surface area contributed by atoms with E-state index in [0.717, 1.165) is 5.56 Å². The molecule has 0 spiro atoms. The zero-order valence-electron chi connectivity index (χ0n) is 7.33. The Balaban J connectivity index is 2.75. The molecule has 0 N–H and O–H groups in total. The molecule has 0 saturated heterocycles. The smallest absolute Gasteiger partial charge is 0.237 e. The summed E-state index contributed by atoms with van der Waals surface area (Å²) in [6.45, 7) is 1.72. The molecule has 13 heavy (non-hydrogen) atoms. The van der Waals surface area contributed by atoms with E-state index in [4.69, 9.17) is 11.6 Å². The molecule has 0 bridgehead atoms. The van der Waals surface area contributed by atoms with E-state index in [1.807, 2.05) is 30.3 Å². The minimum atomic E-state index is -0.775. The lowest BCUT2D eigenvalue weighted by Crippen LogP contribution is -2.27. The van der Waals surface area contributed by atoms with Crippen molar-refractivity contribution in [2.24, 2.45) is 0 Å². The van der Waals surface area contributed by atoms with Gasteiger partial charge in [0.05, 0.1) is 4.75 Å². The molecule has 0 aromatic heterocycles. The maximum atomic E-state index is 11.0. The monoisotopic (exact) mass is 214 g/mol. The second-order valence-electron chi connectivity index (χ2n) is 3.21. The van der Waals surface area contributed by atoms with Crippen molar-refractivity contribution >= 4 is 29.5 Å². The highest BCUT2D eigenvalue weighted by Gasteiger charge is 2.27. The van der Waals surface area contributed by atoms with Crippen LogP contribution in [0.5, 0.6) is 0 Å². The third kappa shape index (κ3) is 3.05. The van der Waals surface area contributed by atoms with E-state index in [1.54, 1.807) is 6.92 Å². The molecule has 1 nitrogen and oxygen atoms in total. The molecular formula is C10H11ClOS. The van der Waals surface area contributed by atoms with Crippen molar-refractivity contribution in [1.29, 1.82) is 0 Å². The molecule has 0 aliphatic carbocycles. The molecule has 0 heterocycles. The van der Waals surface area contributed by atoms with Gasteiger partial charge in [-0.15, -0.1) is 0 Å². The van der Waals surface area contributed by atoms with Crippen molar-refractivity contribution in [3.63, 3.8) is 0 Å². The first kappa shape index (κ1) is 10.6. The highest BCUT2D eigenvalue weighted by atomic mass is 35.5. The number of benzene rings is 1. The van der Waals surface area contributed by atoms with Gasteiger partial charge < -0.3 is 0 Å². The van der Waals surface area contributed by atoms with Crippen LogP contribution in [0.25, 0.3) is 0 Å². The number of rotatable bonds is 3. The van der Waals surface area contributed by atoms with Gasteiger partial charge in [0.25, 0.3) is 0 Å². The molecule has 70 valence electrons. The molecule has 0 aliphatic heterocycles. The third-order valence-corrected chi connectivity index (χ3v) is 2.72. The lowest BCUT2D eigenvalue weighted by Gasteiger charge is -2.17. The van der Waals surface area contributed by atoms with E-state index >= 15 is 0 Å². The molecule has 1 atom stereocenters.